The number of nitrogens with zero attached hydrogens (tertiary/aromatic N) is 2. The molecule has 0 radical (unpaired) electrons. The van der Waals surface area contributed by atoms with E-state index in [2.05, 4.69) is 5.32 Å². The largest absolute Gasteiger partial charge is 0.495 e. The second-order valence-electron chi connectivity index (χ2n) is 10.6. The molecule has 0 aromatic heterocycles. The van der Waals surface area contributed by atoms with Crippen LogP contribution in [0.3, 0.4) is 0 Å². The van der Waals surface area contributed by atoms with Crippen molar-refractivity contribution in [2.75, 3.05) is 18.0 Å². The van der Waals surface area contributed by atoms with Crippen LogP contribution >= 0.6 is 23.2 Å². The summed E-state index contributed by atoms with van der Waals surface area (Å²) in [6.07, 6.45) is 0.187. The Hall–Kier alpha value is -4.05. The number of carbonyl (C=O) groups is 2. The van der Waals surface area contributed by atoms with Gasteiger partial charge in [0.05, 0.1) is 27.7 Å². The molecule has 0 aliphatic rings. The summed E-state index contributed by atoms with van der Waals surface area (Å²) in [6.45, 7) is 3.01. The van der Waals surface area contributed by atoms with E-state index in [1.54, 1.807) is 60.7 Å². The van der Waals surface area contributed by atoms with Gasteiger partial charge in [0.2, 0.25) is 11.8 Å². The van der Waals surface area contributed by atoms with Crippen molar-refractivity contribution in [3.8, 4) is 5.75 Å². The molecule has 2 amide bonds. The number of ether oxygens (including phenoxy) is 1. The van der Waals surface area contributed by atoms with Crippen molar-refractivity contribution in [1.29, 1.82) is 0 Å². The lowest BCUT2D eigenvalue weighted by Crippen LogP contribution is -2.54. The Morgan fingerprint density at radius 1 is 0.822 bits per heavy atom. The smallest absolute Gasteiger partial charge is 0.264 e. The van der Waals surface area contributed by atoms with Gasteiger partial charge in [0.1, 0.15) is 18.3 Å². The molecule has 0 aliphatic carbocycles. The number of halogens is 2. The molecule has 0 aliphatic heterocycles. The van der Waals surface area contributed by atoms with E-state index in [1.807, 2.05) is 44.2 Å². The predicted octanol–water partition coefficient (Wildman–Crippen LogP) is 6.36. The lowest BCUT2D eigenvalue weighted by molar-refractivity contribution is -0.140. The van der Waals surface area contributed by atoms with Crippen LogP contribution in [0, 0.1) is 0 Å². The van der Waals surface area contributed by atoms with Crippen LogP contribution in [0.2, 0.25) is 10.0 Å². The van der Waals surface area contributed by atoms with Crippen LogP contribution < -0.4 is 14.4 Å². The van der Waals surface area contributed by atoms with E-state index >= 15 is 0 Å². The van der Waals surface area contributed by atoms with E-state index in [0.717, 1.165) is 9.87 Å². The second kappa shape index (κ2) is 15.3. The molecule has 4 rings (SSSR count). The number of para-hydroxylation sites is 2. The van der Waals surface area contributed by atoms with Crippen molar-refractivity contribution in [3.63, 3.8) is 0 Å². The van der Waals surface area contributed by atoms with E-state index in [4.69, 9.17) is 27.9 Å². The van der Waals surface area contributed by atoms with Gasteiger partial charge in [-0.3, -0.25) is 13.9 Å². The van der Waals surface area contributed by atoms with Gasteiger partial charge < -0.3 is 15.0 Å². The Bertz CT molecular complexity index is 1720. The van der Waals surface area contributed by atoms with Crippen molar-refractivity contribution in [1.82, 2.24) is 10.2 Å². The Kier molecular flexibility index (Phi) is 11.5. The summed E-state index contributed by atoms with van der Waals surface area (Å²) >= 11 is 12.5. The molecule has 0 bridgehead atoms. The van der Waals surface area contributed by atoms with Crippen molar-refractivity contribution < 1.29 is 22.7 Å². The van der Waals surface area contributed by atoms with Gasteiger partial charge in [-0.05, 0) is 61.4 Å². The van der Waals surface area contributed by atoms with Crippen LogP contribution in [-0.2, 0) is 32.6 Å². The first-order valence-electron chi connectivity index (χ1n) is 14.3. The topological polar surface area (TPSA) is 96.0 Å². The maximum absolute atomic E-state index is 14.5. The highest BCUT2D eigenvalue weighted by Gasteiger charge is 2.35. The number of hydrogen-bond donors (Lipinski definition) is 1. The fourth-order valence-corrected chi connectivity index (χ4v) is 6.60. The van der Waals surface area contributed by atoms with Crippen LogP contribution in [0.1, 0.15) is 25.0 Å². The third-order valence-electron chi connectivity index (χ3n) is 7.00. The molecule has 236 valence electrons. The minimum absolute atomic E-state index is 0.00174. The van der Waals surface area contributed by atoms with Crippen molar-refractivity contribution >= 4 is 50.7 Å². The van der Waals surface area contributed by atoms with Gasteiger partial charge in [0.25, 0.3) is 10.0 Å². The summed E-state index contributed by atoms with van der Waals surface area (Å²) < 4.78 is 34.8. The molecular formula is C34H35Cl2N3O5S. The first kappa shape index (κ1) is 33.8. The molecule has 1 atom stereocenters. The second-order valence-corrected chi connectivity index (χ2v) is 13.3. The minimum atomic E-state index is -4.26. The van der Waals surface area contributed by atoms with E-state index in [1.165, 1.54) is 24.1 Å². The third-order valence-corrected chi connectivity index (χ3v) is 9.52. The summed E-state index contributed by atoms with van der Waals surface area (Å²) in [5.41, 5.74) is 1.62. The number of rotatable bonds is 13. The van der Waals surface area contributed by atoms with E-state index < -0.39 is 28.5 Å². The molecule has 0 saturated heterocycles. The Morgan fingerprint density at radius 3 is 2.07 bits per heavy atom. The first-order chi connectivity index (χ1) is 21.5. The molecule has 11 heteroatoms. The molecule has 0 unspecified atom stereocenters. The van der Waals surface area contributed by atoms with Crippen LogP contribution in [0.5, 0.6) is 5.75 Å². The van der Waals surface area contributed by atoms with Crippen LogP contribution in [0.25, 0.3) is 0 Å². The quantitative estimate of drug-likeness (QED) is 0.179. The summed E-state index contributed by atoms with van der Waals surface area (Å²) in [5.74, 6) is -0.720. The summed E-state index contributed by atoms with van der Waals surface area (Å²) in [5, 5.41) is 3.56. The highest BCUT2D eigenvalue weighted by Crippen LogP contribution is 2.33. The van der Waals surface area contributed by atoms with Crippen LogP contribution in [0.15, 0.2) is 108 Å². The molecule has 4 aromatic rings. The fourth-order valence-electron chi connectivity index (χ4n) is 4.84. The predicted molar refractivity (Wildman–Crippen MR) is 178 cm³/mol. The Morgan fingerprint density at radius 2 is 1.44 bits per heavy atom. The average molecular weight is 669 g/mol. The Balaban J connectivity index is 1.84. The van der Waals surface area contributed by atoms with Gasteiger partial charge >= 0.3 is 0 Å². The lowest BCUT2D eigenvalue weighted by Gasteiger charge is -2.34. The summed E-state index contributed by atoms with van der Waals surface area (Å²) in [7, 11) is -2.83. The van der Waals surface area contributed by atoms with Crippen LogP contribution in [-0.4, -0.2) is 50.9 Å². The highest BCUT2D eigenvalue weighted by molar-refractivity contribution is 7.92. The molecule has 0 spiro atoms. The third kappa shape index (κ3) is 8.57. The normalized spacial score (nSPS) is 12.0. The molecule has 45 heavy (non-hydrogen) atoms. The zero-order chi connectivity index (χ0) is 32.6. The molecule has 0 fully saturated rings. The summed E-state index contributed by atoms with van der Waals surface area (Å²) in [4.78, 5) is 29.7. The maximum Gasteiger partial charge on any atom is 0.264 e. The van der Waals surface area contributed by atoms with Gasteiger partial charge in [-0.2, -0.15) is 0 Å². The molecule has 0 saturated carbocycles. The number of benzene rings is 4. The number of sulfonamides is 1. The lowest BCUT2D eigenvalue weighted by atomic mass is 10.0. The van der Waals surface area contributed by atoms with E-state index in [9.17, 15) is 18.0 Å². The number of methoxy groups -OCH3 is 1. The summed E-state index contributed by atoms with van der Waals surface area (Å²) in [6, 6.07) is 27.5. The maximum atomic E-state index is 14.5. The van der Waals surface area contributed by atoms with Gasteiger partial charge in [-0.25, -0.2) is 8.42 Å². The van der Waals surface area contributed by atoms with E-state index in [-0.39, 0.29) is 46.3 Å². The van der Waals surface area contributed by atoms with Gasteiger partial charge in [-0.15, -0.1) is 0 Å². The fraction of sp³-hybridized carbons (Fsp3) is 0.235. The van der Waals surface area contributed by atoms with Crippen molar-refractivity contribution in [3.05, 3.63) is 124 Å². The SMILES string of the molecule is COc1ccccc1N(CC(=O)N(Cc1ccc(Cl)c(Cl)c1)[C@H](Cc1ccccc1)C(=O)NC(C)C)S(=O)(=O)c1ccccc1. The van der Waals surface area contributed by atoms with Gasteiger partial charge in [-0.1, -0.05) is 89.9 Å². The van der Waals surface area contributed by atoms with Crippen LogP contribution in [0.4, 0.5) is 5.69 Å². The monoisotopic (exact) mass is 667 g/mol. The molecular weight excluding hydrogens is 633 g/mol. The highest BCUT2D eigenvalue weighted by atomic mass is 35.5. The minimum Gasteiger partial charge on any atom is -0.495 e. The van der Waals surface area contributed by atoms with Gasteiger partial charge in [0.15, 0.2) is 0 Å². The van der Waals surface area contributed by atoms with Crippen molar-refractivity contribution in [2.45, 2.75) is 43.8 Å². The standard InChI is InChI=1S/C34H35Cl2N3O5S/c1-24(2)37-34(41)31(21-25-12-6-4-7-13-25)38(22-26-18-19-28(35)29(36)20-26)33(40)23-39(30-16-10-11-17-32(30)44-3)45(42,43)27-14-8-5-9-15-27/h4-20,24,31H,21-23H2,1-3H3,(H,37,41)/t31-/m1/s1. The number of carbonyl (C=O) groups excluding carboxylic acids is 2. The molecule has 8 nitrogen and oxygen atoms in total. The Labute approximate surface area is 274 Å². The number of anilines is 1. The van der Waals surface area contributed by atoms with Crippen molar-refractivity contribution in [2.24, 2.45) is 0 Å². The average Bonchev–Trinajstić information content (AvgIpc) is 3.03. The number of nitrogens with one attached hydrogen (secondary N) is 1. The zero-order valence-corrected chi connectivity index (χ0v) is 27.5. The molecule has 4 aromatic carbocycles. The van der Waals surface area contributed by atoms with E-state index in [0.29, 0.717) is 10.6 Å². The zero-order valence-electron chi connectivity index (χ0n) is 25.2. The first-order valence-corrected chi connectivity index (χ1v) is 16.5. The number of amides is 2. The molecule has 1 N–H and O–H groups in total. The van der Waals surface area contributed by atoms with Gasteiger partial charge in [0, 0.05) is 19.0 Å². The molecule has 0 heterocycles. The number of hydrogen-bond acceptors (Lipinski definition) is 5.